The molecular weight excluding hydrogens is 237 g/mol. The van der Waals surface area contributed by atoms with E-state index in [9.17, 15) is 8.94 Å². The Morgan fingerprint density at radius 3 is 2.47 bits per heavy atom. The number of nitrogens with one attached hydrogen (secondary N) is 1. The van der Waals surface area contributed by atoms with Crippen LogP contribution in [0.3, 0.4) is 0 Å². The first-order valence-electron chi connectivity index (χ1n) is 5.66. The van der Waals surface area contributed by atoms with Gasteiger partial charge in [0.1, 0.15) is 10.6 Å². The summed E-state index contributed by atoms with van der Waals surface area (Å²) >= 11 is -1.16. The summed E-state index contributed by atoms with van der Waals surface area (Å²) in [5.74, 6) is -0.224. The normalized spacial score (nSPS) is 15.7. The first-order valence-corrected chi connectivity index (χ1v) is 6.81. The third-order valence-corrected chi connectivity index (χ3v) is 4.30. The molecule has 0 aliphatic rings. The zero-order valence-electron chi connectivity index (χ0n) is 11.0. The highest BCUT2D eigenvalue weighted by molar-refractivity contribution is 7.90. The van der Waals surface area contributed by atoms with Crippen LogP contribution >= 0.6 is 0 Å². The standard InChI is InChI=1S/C13H20FNOS/c1-9-11(7-6-8-12(9)14)10(2)15-17(16)13(3,4)5/h6-8,10,15H,1-5H3/t10-,17-/m1/s1. The van der Waals surface area contributed by atoms with Crippen molar-refractivity contribution in [1.82, 2.24) is 4.72 Å². The van der Waals surface area contributed by atoms with Crippen LogP contribution in [0.2, 0.25) is 0 Å². The van der Waals surface area contributed by atoms with Crippen molar-refractivity contribution in [3.63, 3.8) is 0 Å². The lowest BCUT2D eigenvalue weighted by Gasteiger charge is -2.27. The average Bonchev–Trinajstić information content (AvgIpc) is 2.20. The Morgan fingerprint density at radius 2 is 1.94 bits per heavy atom. The Morgan fingerprint density at radius 1 is 1.35 bits per heavy atom. The zero-order chi connectivity index (χ0) is 13.2. The van der Waals surface area contributed by atoms with Crippen molar-refractivity contribution >= 4 is 11.4 Å². The third-order valence-electron chi connectivity index (χ3n) is 2.62. The fourth-order valence-corrected chi connectivity index (χ4v) is 2.30. The van der Waals surface area contributed by atoms with Crippen LogP contribution in [0.4, 0.5) is 4.39 Å². The molecule has 4 heteroatoms. The second kappa shape index (κ2) is 5.38. The number of rotatable bonds is 3. The molecule has 0 fully saturated rings. The maximum atomic E-state index is 13.4. The van der Waals surface area contributed by atoms with Gasteiger partial charge in [0, 0.05) is 11.4 Å². The number of halogens is 1. The summed E-state index contributed by atoms with van der Waals surface area (Å²) in [6.45, 7) is 9.35. The summed E-state index contributed by atoms with van der Waals surface area (Å²) < 4.78 is 28.0. The van der Waals surface area contributed by atoms with Gasteiger partial charge < -0.3 is 4.55 Å². The molecule has 0 aliphatic heterocycles. The van der Waals surface area contributed by atoms with Crippen molar-refractivity contribution in [3.8, 4) is 0 Å². The molecule has 2 nitrogen and oxygen atoms in total. The Hall–Kier alpha value is -0.580. The highest BCUT2D eigenvalue weighted by Crippen LogP contribution is 2.23. The first kappa shape index (κ1) is 14.5. The van der Waals surface area contributed by atoms with Gasteiger partial charge in [-0.15, -0.1) is 4.72 Å². The van der Waals surface area contributed by atoms with Gasteiger partial charge >= 0.3 is 0 Å². The van der Waals surface area contributed by atoms with Gasteiger partial charge in [-0.3, -0.25) is 0 Å². The summed E-state index contributed by atoms with van der Waals surface area (Å²) in [5.41, 5.74) is 1.46. The van der Waals surface area contributed by atoms with Crippen LogP contribution in [-0.2, 0) is 11.4 Å². The minimum Gasteiger partial charge on any atom is -0.598 e. The van der Waals surface area contributed by atoms with Gasteiger partial charge in [0.25, 0.3) is 0 Å². The lowest BCUT2D eigenvalue weighted by Crippen LogP contribution is -2.40. The van der Waals surface area contributed by atoms with E-state index in [1.807, 2.05) is 33.8 Å². The molecule has 0 saturated carbocycles. The van der Waals surface area contributed by atoms with E-state index < -0.39 is 11.4 Å². The Labute approximate surface area is 106 Å². The SMILES string of the molecule is Cc1c(F)cccc1[C@@H](C)N[S@+]([O-])C(C)(C)C. The molecule has 0 bridgehead atoms. The van der Waals surface area contributed by atoms with Crippen molar-refractivity contribution in [2.45, 2.75) is 45.4 Å². The van der Waals surface area contributed by atoms with Crippen molar-refractivity contribution in [2.75, 3.05) is 0 Å². The summed E-state index contributed by atoms with van der Waals surface area (Å²) in [4.78, 5) is 0. The van der Waals surface area contributed by atoms with Gasteiger partial charge in [-0.1, -0.05) is 12.1 Å². The van der Waals surface area contributed by atoms with Crippen molar-refractivity contribution in [3.05, 3.63) is 35.1 Å². The van der Waals surface area contributed by atoms with Gasteiger partial charge in [0.05, 0.1) is 6.04 Å². The van der Waals surface area contributed by atoms with E-state index in [4.69, 9.17) is 0 Å². The predicted octanol–water partition coefficient (Wildman–Crippen LogP) is 3.25. The van der Waals surface area contributed by atoms with Crippen LogP contribution in [0.5, 0.6) is 0 Å². The van der Waals surface area contributed by atoms with Crippen LogP contribution in [0.1, 0.15) is 44.9 Å². The number of hydrogen-bond acceptors (Lipinski definition) is 2. The highest BCUT2D eigenvalue weighted by atomic mass is 32.2. The van der Waals surface area contributed by atoms with E-state index in [2.05, 4.69) is 4.72 Å². The molecule has 17 heavy (non-hydrogen) atoms. The van der Waals surface area contributed by atoms with Crippen LogP contribution in [-0.4, -0.2) is 9.30 Å². The summed E-state index contributed by atoms with van der Waals surface area (Å²) in [5, 5.41) is 0. The van der Waals surface area contributed by atoms with Crippen molar-refractivity contribution < 1.29 is 8.94 Å². The molecule has 0 aliphatic carbocycles. The molecule has 0 unspecified atom stereocenters. The minimum atomic E-state index is -1.16. The molecule has 0 spiro atoms. The number of benzene rings is 1. The van der Waals surface area contributed by atoms with E-state index in [0.717, 1.165) is 5.56 Å². The van der Waals surface area contributed by atoms with Gasteiger partial charge in [0.2, 0.25) is 0 Å². The van der Waals surface area contributed by atoms with Crippen LogP contribution in [0.15, 0.2) is 18.2 Å². The molecule has 0 radical (unpaired) electrons. The first-order chi connectivity index (χ1) is 7.73. The molecule has 96 valence electrons. The van der Waals surface area contributed by atoms with E-state index >= 15 is 0 Å². The van der Waals surface area contributed by atoms with E-state index in [1.165, 1.54) is 6.07 Å². The average molecular weight is 257 g/mol. The summed E-state index contributed by atoms with van der Waals surface area (Å²) in [6, 6.07) is 4.84. The van der Waals surface area contributed by atoms with Crippen LogP contribution in [0.25, 0.3) is 0 Å². The third kappa shape index (κ3) is 3.69. The molecular formula is C13H20FNOS. The van der Waals surface area contributed by atoms with Gasteiger partial charge in [-0.05, 0) is 51.8 Å². The van der Waals surface area contributed by atoms with E-state index in [1.54, 1.807) is 13.0 Å². The fourth-order valence-electron chi connectivity index (χ4n) is 1.49. The predicted molar refractivity (Wildman–Crippen MR) is 70.6 cm³/mol. The Balaban J connectivity index is 2.84. The molecule has 2 atom stereocenters. The lowest BCUT2D eigenvalue weighted by molar-refractivity contribution is 0.529. The molecule has 0 aromatic heterocycles. The topological polar surface area (TPSA) is 35.1 Å². The highest BCUT2D eigenvalue weighted by Gasteiger charge is 2.28. The molecule has 0 amide bonds. The maximum Gasteiger partial charge on any atom is 0.136 e. The summed E-state index contributed by atoms with van der Waals surface area (Å²) in [7, 11) is 0. The molecule has 1 rings (SSSR count). The van der Waals surface area contributed by atoms with Crippen molar-refractivity contribution in [2.24, 2.45) is 0 Å². The second-order valence-electron chi connectivity index (χ2n) is 5.17. The molecule has 1 aromatic rings. The summed E-state index contributed by atoms with van der Waals surface area (Å²) in [6.07, 6.45) is 0. The second-order valence-corrected chi connectivity index (χ2v) is 7.17. The Kier molecular flexibility index (Phi) is 4.58. The number of hydrogen-bond donors (Lipinski definition) is 1. The van der Waals surface area contributed by atoms with Crippen LogP contribution < -0.4 is 4.72 Å². The van der Waals surface area contributed by atoms with Crippen molar-refractivity contribution in [1.29, 1.82) is 0 Å². The Bertz CT molecular complexity index is 389. The largest absolute Gasteiger partial charge is 0.598 e. The van der Waals surface area contributed by atoms with E-state index in [-0.39, 0.29) is 16.6 Å². The van der Waals surface area contributed by atoms with Crippen LogP contribution in [0, 0.1) is 12.7 Å². The smallest absolute Gasteiger partial charge is 0.136 e. The minimum absolute atomic E-state index is 0.134. The fraction of sp³-hybridized carbons (Fsp3) is 0.538. The molecule has 1 N–H and O–H groups in total. The molecule has 0 saturated heterocycles. The van der Waals surface area contributed by atoms with Gasteiger partial charge in [-0.2, -0.15) is 0 Å². The lowest BCUT2D eigenvalue weighted by atomic mass is 10.0. The van der Waals surface area contributed by atoms with Gasteiger partial charge in [-0.25, -0.2) is 4.39 Å². The van der Waals surface area contributed by atoms with Gasteiger partial charge in [0.15, 0.2) is 0 Å². The molecule has 1 aromatic carbocycles. The zero-order valence-corrected chi connectivity index (χ0v) is 11.8. The maximum absolute atomic E-state index is 13.4. The van der Waals surface area contributed by atoms with E-state index in [0.29, 0.717) is 5.56 Å². The quantitative estimate of drug-likeness (QED) is 0.844. The monoisotopic (exact) mass is 257 g/mol. The molecule has 0 heterocycles.